The molecule has 0 radical (unpaired) electrons. The number of hydrogen-bond acceptors (Lipinski definition) is 5. The lowest BCUT2D eigenvalue weighted by molar-refractivity contribution is 0.00238. The van der Waals surface area contributed by atoms with Crippen LogP contribution in [0.5, 0.6) is 5.75 Å². The number of Topliss-reactive ketones (excluding diaryl/α,β-unsaturated/α-hetero) is 1. The molecule has 20 heavy (non-hydrogen) atoms. The van der Waals surface area contributed by atoms with Crippen LogP contribution in [-0.2, 0) is 4.74 Å². The third kappa shape index (κ3) is 3.35. The van der Waals surface area contributed by atoms with Crippen LogP contribution < -0.4 is 4.74 Å². The predicted molar refractivity (Wildman–Crippen MR) is 73.9 cm³/mol. The molecule has 0 amide bonds. The minimum atomic E-state index is -0.448. The molecule has 5 nitrogen and oxygen atoms in total. The van der Waals surface area contributed by atoms with E-state index in [1.165, 1.54) is 0 Å². The number of methoxy groups -OCH3 is 1. The fourth-order valence-corrected chi connectivity index (χ4v) is 2.24. The molecule has 0 spiro atoms. The number of morpholine rings is 1. The Morgan fingerprint density at radius 2 is 2.40 bits per heavy atom. The maximum atomic E-state index is 12.4. The van der Waals surface area contributed by atoms with Gasteiger partial charge in [-0.2, -0.15) is 5.26 Å². The van der Waals surface area contributed by atoms with Gasteiger partial charge >= 0.3 is 0 Å². The molecule has 2 rings (SSSR count). The Labute approximate surface area is 118 Å². The van der Waals surface area contributed by atoms with Crippen LogP contribution in [0.1, 0.15) is 15.9 Å². The fraction of sp³-hybridized carbons (Fsp3) is 0.467. The molecule has 1 aliphatic heterocycles. The highest BCUT2D eigenvalue weighted by atomic mass is 16.5. The molecule has 0 aliphatic carbocycles. The first kappa shape index (κ1) is 14.5. The highest BCUT2D eigenvalue weighted by Gasteiger charge is 2.23. The second kappa shape index (κ2) is 6.51. The number of carbonyl (C=O) groups is 1. The maximum Gasteiger partial charge on any atom is 0.180 e. The van der Waals surface area contributed by atoms with Gasteiger partial charge < -0.3 is 9.47 Å². The van der Waals surface area contributed by atoms with Gasteiger partial charge in [0.1, 0.15) is 5.75 Å². The molecule has 1 fully saturated rings. The minimum Gasteiger partial charge on any atom is -0.496 e. The van der Waals surface area contributed by atoms with Crippen LogP contribution in [0.4, 0.5) is 0 Å². The number of rotatable bonds is 4. The van der Waals surface area contributed by atoms with Crippen molar-refractivity contribution in [3.63, 3.8) is 0 Å². The fourth-order valence-electron chi connectivity index (χ4n) is 2.24. The monoisotopic (exact) mass is 274 g/mol. The molecule has 1 atom stereocenters. The first-order valence-corrected chi connectivity index (χ1v) is 6.55. The van der Waals surface area contributed by atoms with E-state index in [0.717, 1.165) is 5.56 Å². The van der Waals surface area contributed by atoms with Crippen molar-refractivity contribution < 1.29 is 14.3 Å². The van der Waals surface area contributed by atoms with Gasteiger partial charge in [0.2, 0.25) is 0 Å². The number of carbonyl (C=O) groups excluding carboxylic acids is 1. The van der Waals surface area contributed by atoms with Gasteiger partial charge in [0, 0.05) is 13.1 Å². The Morgan fingerprint density at radius 1 is 1.60 bits per heavy atom. The molecule has 1 aliphatic rings. The van der Waals surface area contributed by atoms with E-state index in [0.29, 0.717) is 31.0 Å². The number of nitriles is 1. The first-order chi connectivity index (χ1) is 9.63. The summed E-state index contributed by atoms with van der Waals surface area (Å²) in [6, 6.07) is 7.62. The Hall–Kier alpha value is -1.90. The summed E-state index contributed by atoms with van der Waals surface area (Å²) in [5, 5.41) is 8.87. The summed E-state index contributed by atoms with van der Waals surface area (Å²) < 4.78 is 10.5. The van der Waals surface area contributed by atoms with Gasteiger partial charge in [-0.3, -0.25) is 9.69 Å². The summed E-state index contributed by atoms with van der Waals surface area (Å²) in [6.07, 6.45) is -0.448. The molecular formula is C15H18N2O3. The van der Waals surface area contributed by atoms with Crippen molar-refractivity contribution >= 4 is 5.78 Å². The Balaban J connectivity index is 2.07. The molecule has 0 aromatic heterocycles. The highest BCUT2D eigenvalue weighted by molar-refractivity contribution is 6.00. The molecule has 1 heterocycles. The van der Waals surface area contributed by atoms with Crippen LogP contribution in [0, 0.1) is 18.3 Å². The van der Waals surface area contributed by atoms with Crippen molar-refractivity contribution in [2.45, 2.75) is 13.0 Å². The number of hydrogen-bond donors (Lipinski definition) is 0. The largest absolute Gasteiger partial charge is 0.496 e. The van der Waals surface area contributed by atoms with E-state index in [1.54, 1.807) is 13.2 Å². The van der Waals surface area contributed by atoms with E-state index in [9.17, 15) is 4.79 Å². The molecule has 0 bridgehead atoms. The van der Waals surface area contributed by atoms with E-state index in [2.05, 4.69) is 6.07 Å². The topological polar surface area (TPSA) is 62.6 Å². The minimum absolute atomic E-state index is 0.000407. The van der Waals surface area contributed by atoms with Gasteiger partial charge in [0.25, 0.3) is 0 Å². The van der Waals surface area contributed by atoms with E-state index in [1.807, 2.05) is 24.0 Å². The maximum absolute atomic E-state index is 12.4. The van der Waals surface area contributed by atoms with Gasteiger partial charge in [0.15, 0.2) is 11.9 Å². The number of ketones is 1. The average molecular weight is 274 g/mol. The van der Waals surface area contributed by atoms with Crippen LogP contribution in [0.25, 0.3) is 0 Å². The molecule has 5 heteroatoms. The second-order valence-corrected chi connectivity index (χ2v) is 4.85. The summed E-state index contributed by atoms with van der Waals surface area (Å²) >= 11 is 0. The van der Waals surface area contributed by atoms with Crippen molar-refractivity contribution in [1.29, 1.82) is 5.26 Å². The molecule has 1 aromatic carbocycles. The Kier molecular flexibility index (Phi) is 4.72. The van der Waals surface area contributed by atoms with Crippen molar-refractivity contribution in [3.8, 4) is 11.8 Å². The standard InChI is InChI=1S/C15H18N2O3/c1-11-3-4-13(15(7-11)19-2)14(18)10-17-5-6-20-12(8-16)9-17/h3-4,7,12H,5-6,9-10H2,1-2H3. The molecular weight excluding hydrogens is 256 g/mol. The zero-order chi connectivity index (χ0) is 14.5. The Bertz CT molecular complexity index is 536. The van der Waals surface area contributed by atoms with Gasteiger partial charge in [-0.25, -0.2) is 0 Å². The van der Waals surface area contributed by atoms with Crippen LogP contribution in [0.3, 0.4) is 0 Å². The SMILES string of the molecule is COc1cc(C)ccc1C(=O)CN1CCOC(C#N)C1. The zero-order valence-electron chi connectivity index (χ0n) is 11.8. The van der Waals surface area contributed by atoms with E-state index < -0.39 is 6.10 Å². The molecule has 1 saturated heterocycles. The van der Waals surface area contributed by atoms with Crippen molar-refractivity contribution in [1.82, 2.24) is 4.90 Å². The first-order valence-electron chi connectivity index (χ1n) is 6.55. The molecule has 0 N–H and O–H groups in total. The smallest absolute Gasteiger partial charge is 0.180 e. The van der Waals surface area contributed by atoms with E-state index in [-0.39, 0.29) is 12.3 Å². The summed E-state index contributed by atoms with van der Waals surface area (Å²) in [4.78, 5) is 14.3. The number of nitrogens with zero attached hydrogens (tertiary/aromatic N) is 2. The van der Waals surface area contributed by atoms with E-state index in [4.69, 9.17) is 14.7 Å². The number of ether oxygens (including phenoxy) is 2. The normalized spacial score (nSPS) is 19.4. The molecule has 1 unspecified atom stereocenters. The van der Waals surface area contributed by atoms with Gasteiger partial charge in [-0.1, -0.05) is 6.07 Å². The number of benzene rings is 1. The highest BCUT2D eigenvalue weighted by Crippen LogP contribution is 2.21. The summed E-state index contributed by atoms with van der Waals surface area (Å²) in [6.45, 7) is 3.85. The van der Waals surface area contributed by atoms with Crippen molar-refractivity contribution in [2.24, 2.45) is 0 Å². The van der Waals surface area contributed by atoms with Gasteiger partial charge in [-0.15, -0.1) is 0 Å². The zero-order valence-corrected chi connectivity index (χ0v) is 11.8. The lowest BCUT2D eigenvalue weighted by Crippen LogP contribution is -2.44. The van der Waals surface area contributed by atoms with Crippen LogP contribution in [0.15, 0.2) is 18.2 Å². The Morgan fingerprint density at radius 3 is 3.10 bits per heavy atom. The summed E-state index contributed by atoms with van der Waals surface area (Å²) in [5.74, 6) is 0.598. The lowest BCUT2D eigenvalue weighted by Gasteiger charge is -2.29. The van der Waals surface area contributed by atoms with Gasteiger partial charge in [0.05, 0.1) is 31.9 Å². The lowest BCUT2D eigenvalue weighted by atomic mass is 10.1. The van der Waals surface area contributed by atoms with Crippen LogP contribution in [0.2, 0.25) is 0 Å². The van der Waals surface area contributed by atoms with Crippen molar-refractivity contribution in [2.75, 3.05) is 33.4 Å². The molecule has 1 aromatic rings. The van der Waals surface area contributed by atoms with E-state index >= 15 is 0 Å². The molecule has 0 saturated carbocycles. The molecule has 106 valence electrons. The van der Waals surface area contributed by atoms with Crippen LogP contribution >= 0.6 is 0 Å². The average Bonchev–Trinajstić information content (AvgIpc) is 2.47. The van der Waals surface area contributed by atoms with Crippen LogP contribution in [-0.4, -0.2) is 50.1 Å². The van der Waals surface area contributed by atoms with Crippen molar-refractivity contribution in [3.05, 3.63) is 29.3 Å². The summed E-state index contributed by atoms with van der Waals surface area (Å²) in [5.41, 5.74) is 1.63. The van der Waals surface area contributed by atoms with Gasteiger partial charge in [-0.05, 0) is 24.6 Å². The predicted octanol–water partition coefficient (Wildman–Crippen LogP) is 1.41. The third-order valence-electron chi connectivity index (χ3n) is 3.32. The third-order valence-corrected chi connectivity index (χ3v) is 3.32. The quantitative estimate of drug-likeness (QED) is 0.777. The second-order valence-electron chi connectivity index (χ2n) is 4.85. The summed E-state index contributed by atoms with van der Waals surface area (Å²) in [7, 11) is 1.56. The number of aryl methyl sites for hydroxylation is 1.